The SMILES string of the molecule is Cc1ccc(O)c(NC(=S)NC(=O)c2ccc(-c3ccc(C)c(C)c3)o2)c1. The minimum absolute atomic E-state index is 0.0484. The first-order chi connectivity index (χ1) is 12.8. The predicted octanol–water partition coefficient (Wildman–Crippen LogP) is 4.70. The van der Waals surface area contributed by atoms with Crippen LogP contribution < -0.4 is 10.6 Å². The summed E-state index contributed by atoms with van der Waals surface area (Å²) in [6, 6.07) is 14.4. The molecule has 0 saturated heterocycles. The molecule has 0 atom stereocenters. The summed E-state index contributed by atoms with van der Waals surface area (Å²) in [5, 5.41) is 15.3. The van der Waals surface area contributed by atoms with E-state index in [-0.39, 0.29) is 16.6 Å². The van der Waals surface area contributed by atoms with Gasteiger partial charge in [0.05, 0.1) is 5.69 Å². The summed E-state index contributed by atoms with van der Waals surface area (Å²) in [5.74, 6) is 0.348. The van der Waals surface area contributed by atoms with Crippen molar-refractivity contribution < 1.29 is 14.3 Å². The van der Waals surface area contributed by atoms with E-state index in [0.717, 1.165) is 16.7 Å². The highest BCUT2D eigenvalue weighted by Crippen LogP contribution is 2.25. The second-order valence-corrected chi connectivity index (χ2v) is 6.80. The summed E-state index contributed by atoms with van der Waals surface area (Å²) in [7, 11) is 0. The largest absolute Gasteiger partial charge is 0.506 e. The van der Waals surface area contributed by atoms with Gasteiger partial charge < -0.3 is 14.8 Å². The van der Waals surface area contributed by atoms with Crippen LogP contribution >= 0.6 is 12.2 Å². The van der Waals surface area contributed by atoms with Crippen molar-refractivity contribution in [2.75, 3.05) is 5.32 Å². The van der Waals surface area contributed by atoms with Crippen molar-refractivity contribution in [3.8, 4) is 17.1 Å². The first-order valence-electron chi connectivity index (χ1n) is 8.43. The average Bonchev–Trinajstić information content (AvgIpc) is 3.11. The molecule has 3 N–H and O–H groups in total. The first-order valence-corrected chi connectivity index (χ1v) is 8.84. The Morgan fingerprint density at radius 2 is 1.78 bits per heavy atom. The van der Waals surface area contributed by atoms with Gasteiger partial charge >= 0.3 is 0 Å². The highest BCUT2D eigenvalue weighted by molar-refractivity contribution is 7.80. The molecule has 1 aromatic heterocycles. The Balaban J connectivity index is 1.69. The van der Waals surface area contributed by atoms with Crippen LogP contribution in [0.5, 0.6) is 5.75 Å². The Morgan fingerprint density at radius 1 is 1.00 bits per heavy atom. The zero-order valence-electron chi connectivity index (χ0n) is 15.3. The van der Waals surface area contributed by atoms with E-state index in [1.807, 2.05) is 39.0 Å². The van der Waals surface area contributed by atoms with Gasteiger partial charge in [-0.3, -0.25) is 10.1 Å². The van der Waals surface area contributed by atoms with Gasteiger partial charge in [-0.15, -0.1) is 0 Å². The number of phenolic OH excluding ortho intramolecular Hbond substituents is 1. The third-order valence-corrected chi connectivity index (χ3v) is 4.45. The fraction of sp³-hybridized carbons (Fsp3) is 0.143. The Hall–Kier alpha value is -3.12. The summed E-state index contributed by atoms with van der Waals surface area (Å²) in [6.07, 6.45) is 0. The third kappa shape index (κ3) is 4.35. The number of carbonyl (C=O) groups is 1. The van der Waals surface area contributed by atoms with Crippen LogP contribution in [0.25, 0.3) is 11.3 Å². The lowest BCUT2D eigenvalue weighted by Gasteiger charge is -2.10. The molecule has 0 aliphatic heterocycles. The molecule has 0 radical (unpaired) electrons. The summed E-state index contributed by atoms with van der Waals surface area (Å²) in [6.45, 7) is 5.96. The number of hydrogen-bond donors (Lipinski definition) is 3. The van der Waals surface area contributed by atoms with E-state index in [0.29, 0.717) is 11.4 Å². The van der Waals surface area contributed by atoms with Crippen molar-refractivity contribution in [2.45, 2.75) is 20.8 Å². The van der Waals surface area contributed by atoms with Crippen LogP contribution in [0, 0.1) is 20.8 Å². The van der Waals surface area contributed by atoms with Crippen LogP contribution in [0.2, 0.25) is 0 Å². The Morgan fingerprint density at radius 3 is 2.52 bits per heavy atom. The average molecular weight is 380 g/mol. The van der Waals surface area contributed by atoms with Crippen molar-refractivity contribution in [3.05, 3.63) is 71.0 Å². The van der Waals surface area contributed by atoms with E-state index in [1.165, 1.54) is 5.56 Å². The lowest BCUT2D eigenvalue weighted by Crippen LogP contribution is -2.33. The molecule has 0 aliphatic rings. The number of thiocarbonyl (C=S) groups is 1. The summed E-state index contributed by atoms with van der Waals surface area (Å²) >= 11 is 5.15. The molecule has 3 rings (SSSR count). The quantitative estimate of drug-likeness (QED) is 0.453. The van der Waals surface area contributed by atoms with Crippen molar-refractivity contribution in [2.24, 2.45) is 0 Å². The van der Waals surface area contributed by atoms with E-state index >= 15 is 0 Å². The number of rotatable bonds is 3. The molecule has 0 unspecified atom stereocenters. The molecule has 0 fully saturated rings. The zero-order chi connectivity index (χ0) is 19.6. The number of anilines is 1. The number of amides is 1. The number of carbonyl (C=O) groups excluding carboxylic acids is 1. The van der Waals surface area contributed by atoms with Gasteiger partial charge in [-0.05, 0) is 80.0 Å². The molecule has 0 spiro atoms. The Kier molecular flexibility index (Phi) is 5.28. The molecule has 6 heteroatoms. The molecule has 138 valence electrons. The molecule has 3 aromatic rings. The number of phenols is 1. The fourth-order valence-electron chi connectivity index (χ4n) is 2.58. The summed E-state index contributed by atoms with van der Waals surface area (Å²) < 4.78 is 5.67. The van der Waals surface area contributed by atoms with E-state index in [1.54, 1.807) is 30.3 Å². The number of nitrogens with one attached hydrogen (secondary N) is 2. The monoisotopic (exact) mass is 380 g/mol. The maximum absolute atomic E-state index is 12.4. The van der Waals surface area contributed by atoms with Crippen molar-refractivity contribution in [1.82, 2.24) is 5.32 Å². The Bertz CT molecular complexity index is 1020. The molecule has 2 aromatic carbocycles. The fourth-order valence-corrected chi connectivity index (χ4v) is 2.78. The van der Waals surface area contributed by atoms with E-state index < -0.39 is 5.91 Å². The Labute approximate surface area is 163 Å². The van der Waals surface area contributed by atoms with Gasteiger partial charge in [-0.25, -0.2) is 0 Å². The topological polar surface area (TPSA) is 74.5 Å². The molecule has 0 saturated carbocycles. The van der Waals surface area contributed by atoms with Crippen LogP contribution in [0.3, 0.4) is 0 Å². The number of furan rings is 1. The number of benzene rings is 2. The second kappa shape index (κ2) is 7.63. The molecule has 0 bridgehead atoms. The standard InChI is InChI=1S/C21H20N2O3S/c1-12-4-7-17(24)16(10-12)22-21(27)23-20(25)19-9-8-18(26-19)15-6-5-13(2)14(3)11-15/h4-11,24H,1-3H3,(H2,22,23,25,27). The summed E-state index contributed by atoms with van der Waals surface area (Å²) in [4.78, 5) is 12.4. The van der Waals surface area contributed by atoms with E-state index in [4.69, 9.17) is 16.6 Å². The van der Waals surface area contributed by atoms with Crippen LogP contribution in [-0.2, 0) is 0 Å². The molecule has 27 heavy (non-hydrogen) atoms. The highest BCUT2D eigenvalue weighted by Gasteiger charge is 2.14. The second-order valence-electron chi connectivity index (χ2n) is 6.39. The molecular formula is C21H20N2O3S. The first kappa shape index (κ1) is 18.7. The maximum atomic E-state index is 12.4. The van der Waals surface area contributed by atoms with Gasteiger partial charge in [0.15, 0.2) is 10.9 Å². The molecule has 1 heterocycles. The number of hydrogen-bond acceptors (Lipinski definition) is 4. The van der Waals surface area contributed by atoms with Gasteiger partial charge in [0.1, 0.15) is 11.5 Å². The predicted molar refractivity (Wildman–Crippen MR) is 110 cm³/mol. The van der Waals surface area contributed by atoms with Crippen LogP contribution in [0.1, 0.15) is 27.2 Å². The minimum Gasteiger partial charge on any atom is -0.506 e. The van der Waals surface area contributed by atoms with Crippen molar-refractivity contribution in [3.63, 3.8) is 0 Å². The maximum Gasteiger partial charge on any atom is 0.293 e. The number of aryl methyl sites for hydroxylation is 3. The van der Waals surface area contributed by atoms with Gasteiger partial charge in [0.2, 0.25) is 0 Å². The molecule has 5 nitrogen and oxygen atoms in total. The van der Waals surface area contributed by atoms with Crippen LogP contribution in [0.15, 0.2) is 52.9 Å². The van der Waals surface area contributed by atoms with Gasteiger partial charge in [0.25, 0.3) is 5.91 Å². The van der Waals surface area contributed by atoms with E-state index in [2.05, 4.69) is 10.6 Å². The van der Waals surface area contributed by atoms with Crippen molar-refractivity contribution in [1.29, 1.82) is 0 Å². The van der Waals surface area contributed by atoms with Gasteiger partial charge in [-0.2, -0.15) is 0 Å². The van der Waals surface area contributed by atoms with Gasteiger partial charge in [-0.1, -0.05) is 18.2 Å². The van der Waals surface area contributed by atoms with Crippen LogP contribution in [0.4, 0.5) is 5.69 Å². The lowest BCUT2D eigenvalue weighted by molar-refractivity contribution is 0.0951. The third-order valence-electron chi connectivity index (χ3n) is 4.25. The normalized spacial score (nSPS) is 10.5. The lowest BCUT2D eigenvalue weighted by atomic mass is 10.1. The molecular weight excluding hydrogens is 360 g/mol. The van der Waals surface area contributed by atoms with Gasteiger partial charge in [0, 0.05) is 5.56 Å². The van der Waals surface area contributed by atoms with Crippen LogP contribution in [-0.4, -0.2) is 16.1 Å². The smallest absolute Gasteiger partial charge is 0.293 e. The molecule has 1 amide bonds. The zero-order valence-corrected chi connectivity index (χ0v) is 16.1. The van der Waals surface area contributed by atoms with E-state index in [9.17, 15) is 9.90 Å². The molecule has 0 aliphatic carbocycles. The number of aromatic hydroxyl groups is 1. The highest BCUT2D eigenvalue weighted by atomic mass is 32.1. The van der Waals surface area contributed by atoms with Crippen molar-refractivity contribution >= 4 is 28.9 Å². The minimum atomic E-state index is -0.463. The summed E-state index contributed by atoms with van der Waals surface area (Å²) in [5.41, 5.74) is 4.63.